The lowest BCUT2D eigenvalue weighted by Gasteiger charge is -2.26. The maximum Gasteiger partial charge on any atom is -0.00181 e. The van der Waals surface area contributed by atoms with Crippen LogP contribution in [0.2, 0.25) is 0 Å². The predicted molar refractivity (Wildman–Crippen MR) is 154 cm³/mol. The third kappa shape index (κ3) is 4.34. The van der Waals surface area contributed by atoms with E-state index in [0.29, 0.717) is 0 Å². The molecule has 0 saturated carbocycles. The second-order valence-electron chi connectivity index (χ2n) is 10.7. The van der Waals surface area contributed by atoms with Gasteiger partial charge in [-0.15, -0.1) is 0 Å². The molecule has 182 valence electrons. The molecule has 0 saturated heterocycles. The van der Waals surface area contributed by atoms with E-state index in [2.05, 4.69) is 65.8 Å². The first kappa shape index (κ1) is 25.0. The summed E-state index contributed by atoms with van der Waals surface area (Å²) in [6.45, 7) is 14.1. The van der Waals surface area contributed by atoms with E-state index in [1.54, 1.807) is 54.6 Å². The summed E-state index contributed by atoms with van der Waals surface area (Å²) in [4.78, 5) is 0. The Balaban J connectivity index is 2.23. The number of aryl methyl sites for hydroxylation is 6. The van der Waals surface area contributed by atoms with Crippen LogP contribution in [0.4, 0.5) is 0 Å². The van der Waals surface area contributed by atoms with Crippen LogP contribution in [0.25, 0.3) is 32.3 Å². The lowest BCUT2D eigenvalue weighted by Crippen LogP contribution is -2.06. The molecule has 0 aliphatic heterocycles. The van der Waals surface area contributed by atoms with Gasteiger partial charge < -0.3 is 0 Å². The summed E-state index contributed by atoms with van der Waals surface area (Å²) in [5.41, 5.74) is 9.60. The zero-order valence-corrected chi connectivity index (χ0v) is 22.8. The molecule has 0 fully saturated rings. The molecule has 0 aliphatic rings. The van der Waals surface area contributed by atoms with Gasteiger partial charge >= 0.3 is 0 Å². The average molecular weight is 455 g/mol. The zero-order valence-electron chi connectivity index (χ0n) is 22.8. The van der Waals surface area contributed by atoms with Crippen LogP contribution < -0.4 is 0 Å². The highest BCUT2D eigenvalue weighted by molar-refractivity contribution is 6.27. The smallest absolute Gasteiger partial charge is 0.00181 e. The highest BCUT2D eigenvalue weighted by Crippen LogP contribution is 2.46. The average Bonchev–Trinajstić information content (AvgIpc) is 2.84. The molecule has 0 nitrogen and oxygen atoms in total. The first-order valence-corrected chi connectivity index (χ1v) is 14.3. The van der Waals surface area contributed by atoms with Crippen LogP contribution in [-0.2, 0) is 25.7 Å². The van der Waals surface area contributed by atoms with Crippen LogP contribution in [0.3, 0.4) is 0 Å². The summed E-state index contributed by atoms with van der Waals surface area (Å²) in [5.74, 6) is 0. The fourth-order valence-corrected chi connectivity index (χ4v) is 6.38. The largest absolute Gasteiger partial charge is 0.0654 e. The number of hydrogen-bond acceptors (Lipinski definition) is 0. The molecule has 0 radical (unpaired) electrons. The van der Waals surface area contributed by atoms with Crippen molar-refractivity contribution in [3.05, 3.63) is 57.6 Å². The minimum absolute atomic E-state index is 1.21. The number of rotatable bonds is 12. The van der Waals surface area contributed by atoms with E-state index < -0.39 is 0 Å². The lowest BCUT2D eigenvalue weighted by molar-refractivity contribution is 0.763. The quantitative estimate of drug-likeness (QED) is 0.187. The summed E-state index contributed by atoms with van der Waals surface area (Å²) in [6, 6.07) is 9.84. The van der Waals surface area contributed by atoms with Crippen LogP contribution in [0.1, 0.15) is 112 Å². The van der Waals surface area contributed by atoms with E-state index in [9.17, 15) is 0 Å². The summed E-state index contributed by atoms with van der Waals surface area (Å²) in [6.07, 6.45) is 15.0. The lowest BCUT2D eigenvalue weighted by atomic mass is 9.77. The second kappa shape index (κ2) is 11.1. The van der Waals surface area contributed by atoms with Crippen LogP contribution >= 0.6 is 0 Å². The van der Waals surface area contributed by atoms with Gasteiger partial charge in [0, 0.05) is 0 Å². The van der Waals surface area contributed by atoms with Gasteiger partial charge in [-0.2, -0.15) is 0 Å². The molecule has 0 amide bonds. The van der Waals surface area contributed by atoms with Crippen molar-refractivity contribution in [2.75, 3.05) is 0 Å². The highest BCUT2D eigenvalue weighted by Gasteiger charge is 2.23. The van der Waals surface area contributed by atoms with Crippen molar-refractivity contribution >= 4 is 32.3 Å². The Morgan fingerprint density at radius 1 is 0.412 bits per heavy atom. The molecule has 0 aromatic heterocycles. The van der Waals surface area contributed by atoms with Gasteiger partial charge in [0.2, 0.25) is 0 Å². The summed E-state index contributed by atoms with van der Waals surface area (Å²) < 4.78 is 0. The maximum atomic E-state index is 2.48. The Morgan fingerprint density at radius 2 is 0.735 bits per heavy atom. The van der Waals surface area contributed by atoms with Crippen molar-refractivity contribution < 1.29 is 0 Å². The number of hydrogen-bond donors (Lipinski definition) is 0. The monoisotopic (exact) mass is 454 g/mol. The molecule has 0 heteroatoms. The predicted octanol–water partition coefficient (Wildman–Crippen LogP) is 10.6. The SMILES string of the molecule is CCCCc1c(CCCC)c2c(C)ccc3c(CCCC)c(CCCC)c4c(C)ccc1c4c32. The fourth-order valence-electron chi connectivity index (χ4n) is 6.38. The Morgan fingerprint density at radius 3 is 1.06 bits per heavy atom. The Hall–Kier alpha value is -2.08. The summed E-state index contributed by atoms with van der Waals surface area (Å²) >= 11 is 0. The molecule has 0 atom stereocenters. The van der Waals surface area contributed by atoms with Gasteiger partial charge in [0.15, 0.2) is 0 Å². The Kier molecular flexibility index (Phi) is 8.18. The molecule has 0 spiro atoms. The zero-order chi connectivity index (χ0) is 24.2. The summed E-state index contributed by atoms with van der Waals surface area (Å²) in [5, 5.41) is 9.49. The highest BCUT2D eigenvalue weighted by atomic mass is 14.3. The molecule has 0 bridgehead atoms. The number of unbranched alkanes of at least 4 members (excludes halogenated alkanes) is 4. The first-order chi connectivity index (χ1) is 16.6. The number of benzene rings is 4. The van der Waals surface area contributed by atoms with Crippen molar-refractivity contribution in [1.82, 2.24) is 0 Å². The third-order valence-corrected chi connectivity index (χ3v) is 8.18. The molecule has 34 heavy (non-hydrogen) atoms. The van der Waals surface area contributed by atoms with Gasteiger partial charge in [-0.1, -0.05) is 77.6 Å². The molecule has 4 rings (SSSR count). The molecular weight excluding hydrogens is 408 g/mol. The normalized spacial score (nSPS) is 12.1. The molecule has 0 unspecified atom stereocenters. The maximum absolute atomic E-state index is 2.48. The first-order valence-electron chi connectivity index (χ1n) is 14.3. The van der Waals surface area contributed by atoms with E-state index in [1.807, 2.05) is 0 Å². The van der Waals surface area contributed by atoms with Crippen LogP contribution in [0.15, 0.2) is 24.3 Å². The molecular formula is C34H46. The van der Waals surface area contributed by atoms with E-state index in [1.165, 1.54) is 88.2 Å². The van der Waals surface area contributed by atoms with Gasteiger partial charge in [-0.3, -0.25) is 0 Å². The molecule has 4 aromatic carbocycles. The molecule has 0 N–H and O–H groups in total. The van der Waals surface area contributed by atoms with Gasteiger partial charge in [-0.25, -0.2) is 0 Å². The van der Waals surface area contributed by atoms with Crippen molar-refractivity contribution in [3.63, 3.8) is 0 Å². The van der Waals surface area contributed by atoms with Gasteiger partial charge in [0.05, 0.1) is 0 Å². The van der Waals surface area contributed by atoms with Crippen molar-refractivity contribution in [1.29, 1.82) is 0 Å². The van der Waals surface area contributed by atoms with E-state index >= 15 is 0 Å². The van der Waals surface area contributed by atoms with Crippen LogP contribution in [-0.4, -0.2) is 0 Å². The van der Waals surface area contributed by atoms with Crippen LogP contribution in [0, 0.1) is 13.8 Å². The van der Waals surface area contributed by atoms with Crippen molar-refractivity contribution in [3.8, 4) is 0 Å². The van der Waals surface area contributed by atoms with Gasteiger partial charge in [0.25, 0.3) is 0 Å². The van der Waals surface area contributed by atoms with Gasteiger partial charge in [0.1, 0.15) is 0 Å². The molecule has 4 aromatic rings. The topological polar surface area (TPSA) is 0 Å². The van der Waals surface area contributed by atoms with Crippen LogP contribution in [0.5, 0.6) is 0 Å². The minimum Gasteiger partial charge on any atom is -0.0654 e. The summed E-state index contributed by atoms with van der Waals surface area (Å²) in [7, 11) is 0. The minimum atomic E-state index is 1.21. The van der Waals surface area contributed by atoms with Crippen molar-refractivity contribution in [2.24, 2.45) is 0 Å². The van der Waals surface area contributed by atoms with Crippen molar-refractivity contribution in [2.45, 2.75) is 119 Å². The fraction of sp³-hybridized carbons (Fsp3) is 0.529. The Bertz CT molecular complexity index is 1160. The molecule has 0 heterocycles. The third-order valence-electron chi connectivity index (χ3n) is 8.18. The van der Waals surface area contributed by atoms with Gasteiger partial charge in [-0.05, 0) is 131 Å². The van der Waals surface area contributed by atoms with E-state index in [4.69, 9.17) is 0 Å². The standard InChI is InChI=1S/C34H46/c1-7-11-15-25-27(17-13-9-3)31-23(5)20-22-30-26(16-12-8-2)28(18-14-10-4)32-24(6)19-21-29(25)33(32)34(30)31/h19-22H,7-18H2,1-6H3. The second-order valence-corrected chi connectivity index (χ2v) is 10.7. The van der Waals surface area contributed by atoms with E-state index in [0.717, 1.165) is 0 Å². The van der Waals surface area contributed by atoms with E-state index in [-0.39, 0.29) is 0 Å². The molecule has 0 aliphatic carbocycles. The Labute approximate surface area is 208 Å².